The van der Waals surface area contributed by atoms with Crippen molar-refractivity contribution in [2.45, 2.75) is 27.1 Å². The Morgan fingerprint density at radius 3 is 2.13 bits per heavy atom. The van der Waals surface area contributed by atoms with E-state index in [9.17, 15) is 10.1 Å². The van der Waals surface area contributed by atoms with Gasteiger partial charge < -0.3 is 10.2 Å². The maximum Gasteiger partial charge on any atom is 0.269 e. The van der Waals surface area contributed by atoms with E-state index in [4.69, 9.17) is 10.2 Å². The molecule has 1 aromatic rings. The molecule has 15 heavy (non-hydrogen) atoms. The van der Waals surface area contributed by atoms with Gasteiger partial charge in [-0.1, -0.05) is 13.8 Å². The van der Waals surface area contributed by atoms with Crippen molar-refractivity contribution in [1.82, 2.24) is 0 Å². The lowest BCUT2D eigenvalue weighted by molar-refractivity contribution is -0.385. The van der Waals surface area contributed by atoms with Crippen LogP contribution >= 0.6 is 0 Å². The highest BCUT2D eigenvalue weighted by Crippen LogP contribution is 2.17. The molecule has 0 amide bonds. The van der Waals surface area contributed by atoms with Crippen molar-refractivity contribution >= 4 is 5.69 Å². The Hall–Kier alpha value is -1.46. The predicted octanol–water partition coefficient (Wildman–Crippen LogP) is 1.61. The molecule has 2 N–H and O–H groups in total. The predicted molar refractivity (Wildman–Crippen MR) is 56.3 cm³/mol. The summed E-state index contributed by atoms with van der Waals surface area (Å²) < 4.78 is 0. The van der Waals surface area contributed by atoms with Crippen molar-refractivity contribution in [3.8, 4) is 0 Å². The Labute approximate surface area is 88.1 Å². The Morgan fingerprint density at radius 2 is 1.73 bits per heavy atom. The molecule has 5 heteroatoms. The van der Waals surface area contributed by atoms with Gasteiger partial charge in [-0.05, 0) is 17.2 Å². The zero-order valence-electron chi connectivity index (χ0n) is 8.80. The van der Waals surface area contributed by atoms with Crippen LogP contribution in [0.25, 0.3) is 0 Å². The average molecular weight is 213 g/mol. The van der Waals surface area contributed by atoms with Crippen molar-refractivity contribution in [2.24, 2.45) is 0 Å². The highest BCUT2D eigenvalue weighted by atomic mass is 16.6. The van der Waals surface area contributed by atoms with Crippen LogP contribution in [0.2, 0.25) is 0 Å². The fourth-order valence-corrected chi connectivity index (χ4v) is 1.03. The van der Waals surface area contributed by atoms with E-state index in [1.54, 1.807) is 0 Å². The van der Waals surface area contributed by atoms with Gasteiger partial charge in [0, 0.05) is 12.1 Å². The molecule has 0 aliphatic carbocycles. The number of non-ortho nitro benzene ring substituents is 1. The van der Waals surface area contributed by atoms with E-state index in [0.717, 1.165) is 0 Å². The van der Waals surface area contributed by atoms with Crippen molar-refractivity contribution in [1.29, 1.82) is 0 Å². The van der Waals surface area contributed by atoms with Gasteiger partial charge in [-0.3, -0.25) is 10.1 Å². The third-order valence-corrected chi connectivity index (χ3v) is 1.74. The number of aliphatic hydroxyl groups is 2. The van der Waals surface area contributed by atoms with Crippen LogP contribution in [0.1, 0.15) is 25.0 Å². The molecule has 1 aromatic carbocycles. The first kappa shape index (κ1) is 13.5. The molecular weight excluding hydrogens is 198 g/mol. The zero-order valence-corrected chi connectivity index (χ0v) is 8.80. The maximum atomic E-state index is 10.3. The first-order chi connectivity index (χ1) is 7.19. The van der Waals surface area contributed by atoms with Gasteiger partial charge in [0.15, 0.2) is 0 Å². The van der Waals surface area contributed by atoms with Crippen molar-refractivity contribution < 1.29 is 15.1 Å². The molecule has 84 valence electrons. The lowest BCUT2D eigenvalue weighted by Gasteiger charge is -2.02. The highest BCUT2D eigenvalue weighted by Gasteiger charge is 2.08. The van der Waals surface area contributed by atoms with Crippen molar-refractivity contribution in [3.63, 3.8) is 0 Å². The number of hydrogen-bond donors (Lipinski definition) is 2. The summed E-state index contributed by atoms with van der Waals surface area (Å²) in [4.78, 5) is 9.79. The molecule has 0 aliphatic heterocycles. The van der Waals surface area contributed by atoms with Crippen LogP contribution < -0.4 is 0 Å². The molecule has 1 rings (SSSR count). The quantitative estimate of drug-likeness (QED) is 0.590. The number of hydrogen-bond acceptors (Lipinski definition) is 4. The molecule has 0 fully saturated rings. The summed E-state index contributed by atoms with van der Waals surface area (Å²) in [6, 6.07) is 3.99. The smallest absolute Gasteiger partial charge is 0.269 e. The molecule has 0 unspecified atom stereocenters. The molecule has 0 bridgehead atoms. The number of aliphatic hydroxyl groups excluding tert-OH is 2. The molecule has 0 heterocycles. The van der Waals surface area contributed by atoms with Crippen LogP contribution in [0.5, 0.6) is 0 Å². The van der Waals surface area contributed by atoms with Gasteiger partial charge in [0.1, 0.15) is 0 Å². The summed E-state index contributed by atoms with van der Waals surface area (Å²) in [5.74, 6) is 0. The standard InChI is InChI=1S/C8H9NO4.C2H6/c10-4-6-1-2-8(9(12)13)3-7(6)5-11;1-2/h1-3,10-11H,4-5H2;1-2H3. The third-order valence-electron chi connectivity index (χ3n) is 1.74. The minimum absolute atomic E-state index is 0.0822. The van der Waals surface area contributed by atoms with Crippen molar-refractivity contribution in [2.75, 3.05) is 0 Å². The van der Waals surface area contributed by atoms with Crippen LogP contribution in [0.15, 0.2) is 18.2 Å². The molecule has 0 spiro atoms. The van der Waals surface area contributed by atoms with E-state index in [1.165, 1.54) is 18.2 Å². The second-order valence-electron chi connectivity index (χ2n) is 2.53. The van der Waals surface area contributed by atoms with Crippen LogP contribution in [0.4, 0.5) is 5.69 Å². The fraction of sp³-hybridized carbons (Fsp3) is 0.400. The Kier molecular flexibility index (Phi) is 6.24. The summed E-state index contributed by atoms with van der Waals surface area (Å²) >= 11 is 0. The largest absolute Gasteiger partial charge is 0.392 e. The van der Waals surface area contributed by atoms with Gasteiger partial charge >= 0.3 is 0 Å². The summed E-state index contributed by atoms with van der Waals surface area (Å²) in [7, 11) is 0. The van der Waals surface area contributed by atoms with Gasteiger partial charge in [0.2, 0.25) is 0 Å². The van der Waals surface area contributed by atoms with Crippen LogP contribution in [0, 0.1) is 10.1 Å². The van der Waals surface area contributed by atoms with E-state index in [1.807, 2.05) is 13.8 Å². The summed E-state index contributed by atoms with van der Waals surface area (Å²) in [6.07, 6.45) is 0. The summed E-state index contributed by atoms with van der Waals surface area (Å²) in [5.41, 5.74) is 0.811. The van der Waals surface area contributed by atoms with E-state index in [-0.39, 0.29) is 18.9 Å². The molecule has 0 radical (unpaired) electrons. The SMILES string of the molecule is CC.O=[N+]([O-])c1ccc(CO)c(CO)c1. The second-order valence-corrected chi connectivity index (χ2v) is 2.53. The zero-order chi connectivity index (χ0) is 11.8. The Bertz CT molecular complexity index is 325. The summed E-state index contributed by atoms with van der Waals surface area (Å²) in [5, 5.41) is 28.0. The maximum absolute atomic E-state index is 10.3. The lowest BCUT2D eigenvalue weighted by atomic mass is 10.1. The summed E-state index contributed by atoms with van der Waals surface area (Å²) in [6.45, 7) is 3.46. The third kappa shape index (κ3) is 3.65. The molecule has 5 nitrogen and oxygen atoms in total. The average Bonchev–Trinajstić information content (AvgIpc) is 2.30. The topological polar surface area (TPSA) is 83.6 Å². The first-order valence-corrected chi connectivity index (χ1v) is 4.67. The molecule has 0 saturated heterocycles. The molecule has 0 atom stereocenters. The van der Waals surface area contributed by atoms with E-state index >= 15 is 0 Å². The minimum atomic E-state index is -0.541. The Balaban J connectivity index is 0.000000921. The number of benzene rings is 1. The molecule has 0 saturated carbocycles. The number of nitro groups is 1. The number of nitrogens with zero attached hydrogens (tertiary/aromatic N) is 1. The van der Waals surface area contributed by atoms with Crippen molar-refractivity contribution in [3.05, 3.63) is 39.4 Å². The molecule has 0 aromatic heterocycles. The minimum Gasteiger partial charge on any atom is -0.392 e. The number of rotatable bonds is 3. The van der Waals surface area contributed by atoms with Gasteiger partial charge in [-0.25, -0.2) is 0 Å². The normalized spacial score (nSPS) is 9.07. The van der Waals surface area contributed by atoms with Gasteiger partial charge in [-0.2, -0.15) is 0 Å². The van der Waals surface area contributed by atoms with E-state index < -0.39 is 4.92 Å². The van der Waals surface area contributed by atoms with E-state index in [0.29, 0.717) is 11.1 Å². The molecular formula is C10H15NO4. The Morgan fingerprint density at radius 1 is 1.20 bits per heavy atom. The molecule has 0 aliphatic rings. The lowest BCUT2D eigenvalue weighted by Crippen LogP contribution is -1.96. The van der Waals surface area contributed by atoms with Gasteiger partial charge in [-0.15, -0.1) is 0 Å². The highest BCUT2D eigenvalue weighted by molar-refractivity contribution is 5.39. The van der Waals surface area contributed by atoms with Crippen LogP contribution in [-0.2, 0) is 13.2 Å². The van der Waals surface area contributed by atoms with E-state index in [2.05, 4.69) is 0 Å². The van der Waals surface area contributed by atoms with Gasteiger partial charge in [0.25, 0.3) is 5.69 Å². The second kappa shape index (κ2) is 6.92. The van der Waals surface area contributed by atoms with Gasteiger partial charge in [0.05, 0.1) is 18.1 Å². The fourth-order valence-electron chi connectivity index (χ4n) is 1.03. The monoisotopic (exact) mass is 213 g/mol. The van der Waals surface area contributed by atoms with Crippen LogP contribution in [0.3, 0.4) is 0 Å². The first-order valence-electron chi connectivity index (χ1n) is 4.67. The van der Waals surface area contributed by atoms with Crippen LogP contribution in [-0.4, -0.2) is 15.1 Å². The number of nitro benzene ring substituents is 1.